The van der Waals surface area contributed by atoms with Gasteiger partial charge in [-0.15, -0.1) is 0 Å². The number of pyridine rings is 1. The van der Waals surface area contributed by atoms with E-state index in [-0.39, 0.29) is 0 Å². The summed E-state index contributed by atoms with van der Waals surface area (Å²) >= 11 is 0. The number of esters is 2. The Hall–Kier alpha value is -3.21. The number of fused-ring (bicyclic) bond motifs is 1. The van der Waals surface area contributed by atoms with Gasteiger partial charge in [-0.1, -0.05) is 48.5 Å². The van der Waals surface area contributed by atoms with E-state index >= 15 is 0 Å². The molecule has 5 heteroatoms. The second-order valence-electron chi connectivity index (χ2n) is 5.52. The van der Waals surface area contributed by atoms with Crippen LogP contribution in [-0.4, -0.2) is 16.9 Å². The van der Waals surface area contributed by atoms with Gasteiger partial charge < -0.3 is 9.47 Å². The third-order valence-electron chi connectivity index (χ3n) is 3.69. The molecule has 3 aromatic rings. The Morgan fingerprint density at radius 2 is 1.52 bits per heavy atom. The fourth-order valence-corrected chi connectivity index (χ4v) is 2.70. The minimum absolute atomic E-state index is 0.535. The molecule has 1 aromatic heterocycles. The summed E-state index contributed by atoms with van der Waals surface area (Å²) in [6, 6.07) is 17.1. The van der Waals surface area contributed by atoms with E-state index in [9.17, 15) is 9.59 Å². The van der Waals surface area contributed by atoms with Crippen molar-refractivity contribution in [3.05, 3.63) is 66.4 Å². The second-order valence-corrected chi connectivity index (χ2v) is 5.52. The van der Waals surface area contributed by atoms with Gasteiger partial charge in [0.25, 0.3) is 6.29 Å². The lowest BCUT2D eigenvalue weighted by Crippen LogP contribution is -2.16. The summed E-state index contributed by atoms with van der Waals surface area (Å²) in [6.45, 7) is 2.55. The number of nitrogens with zero attached hydrogens (tertiary/aromatic N) is 1. The summed E-state index contributed by atoms with van der Waals surface area (Å²) in [5.74, 6) is -1.07. The second kappa shape index (κ2) is 7.13. The molecule has 0 bridgehead atoms. The Kier molecular flexibility index (Phi) is 4.75. The van der Waals surface area contributed by atoms with Gasteiger partial charge in [0.05, 0.1) is 5.69 Å². The molecule has 0 radical (unpaired) electrons. The summed E-state index contributed by atoms with van der Waals surface area (Å²) in [4.78, 5) is 27.4. The molecule has 126 valence electrons. The molecule has 0 amide bonds. The van der Waals surface area contributed by atoms with Gasteiger partial charge in [0.15, 0.2) is 0 Å². The number of ether oxygens (including phenoxy) is 2. The highest BCUT2D eigenvalue weighted by atomic mass is 16.7. The van der Waals surface area contributed by atoms with Crippen LogP contribution in [0.3, 0.4) is 0 Å². The molecule has 5 nitrogen and oxygen atoms in total. The first-order chi connectivity index (χ1) is 12.1. The van der Waals surface area contributed by atoms with E-state index in [2.05, 4.69) is 4.98 Å². The van der Waals surface area contributed by atoms with Crippen molar-refractivity contribution in [3.63, 3.8) is 0 Å². The van der Waals surface area contributed by atoms with Crippen molar-refractivity contribution in [2.45, 2.75) is 20.1 Å². The van der Waals surface area contributed by atoms with E-state index in [1.165, 1.54) is 13.8 Å². The normalized spacial score (nSPS) is 10.7. The molecule has 0 saturated heterocycles. The highest BCUT2D eigenvalue weighted by Gasteiger charge is 2.23. The molecule has 0 fully saturated rings. The summed E-state index contributed by atoms with van der Waals surface area (Å²) in [5.41, 5.74) is 2.04. The van der Waals surface area contributed by atoms with Crippen LogP contribution in [-0.2, 0) is 19.1 Å². The Bertz CT molecular complexity index is 914. The fourth-order valence-electron chi connectivity index (χ4n) is 2.70. The standard InChI is InChI=1S/C20H17NO4/c1-13(22)24-20(25-14(2)23)18-10-6-5-9-17(18)19-16-8-4-3-7-15(16)11-12-21-19/h3-12,20H,1-2H3. The molecule has 0 atom stereocenters. The van der Waals surface area contributed by atoms with Crippen LogP contribution in [0.1, 0.15) is 25.7 Å². The average Bonchev–Trinajstić information content (AvgIpc) is 2.60. The van der Waals surface area contributed by atoms with Crippen molar-refractivity contribution in [2.75, 3.05) is 0 Å². The minimum Gasteiger partial charge on any atom is -0.421 e. The largest absolute Gasteiger partial charge is 0.421 e. The van der Waals surface area contributed by atoms with Crippen LogP contribution >= 0.6 is 0 Å². The monoisotopic (exact) mass is 335 g/mol. The Morgan fingerprint density at radius 1 is 0.880 bits per heavy atom. The molecule has 0 saturated carbocycles. The zero-order chi connectivity index (χ0) is 17.8. The van der Waals surface area contributed by atoms with E-state index in [1.54, 1.807) is 18.3 Å². The SMILES string of the molecule is CC(=O)OC(OC(C)=O)c1ccccc1-c1nccc2ccccc12. The zero-order valence-corrected chi connectivity index (χ0v) is 13.9. The number of aromatic nitrogens is 1. The predicted molar refractivity (Wildman–Crippen MR) is 93.5 cm³/mol. The minimum atomic E-state index is -1.12. The van der Waals surface area contributed by atoms with E-state index in [1.807, 2.05) is 42.5 Å². The molecule has 0 aliphatic carbocycles. The number of benzene rings is 2. The van der Waals surface area contributed by atoms with Crippen molar-refractivity contribution < 1.29 is 19.1 Å². The summed E-state index contributed by atoms with van der Waals surface area (Å²) < 4.78 is 10.4. The Morgan fingerprint density at radius 3 is 2.24 bits per heavy atom. The molecule has 0 N–H and O–H groups in total. The predicted octanol–water partition coefficient (Wildman–Crippen LogP) is 4.03. The third-order valence-corrected chi connectivity index (χ3v) is 3.69. The number of carbonyl (C=O) groups excluding carboxylic acids is 2. The van der Waals surface area contributed by atoms with Crippen molar-refractivity contribution in [1.82, 2.24) is 4.98 Å². The molecule has 2 aromatic carbocycles. The van der Waals surface area contributed by atoms with Crippen LogP contribution in [0.15, 0.2) is 60.8 Å². The smallest absolute Gasteiger partial charge is 0.305 e. The first-order valence-corrected chi connectivity index (χ1v) is 7.84. The molecule has 0 aliphatic heterocycles. The van der Waals surface area contributed by atoms with Crippen LogP contribution in [0.5, 0.6) is 0 Å². The quantitative estimate of drug-likeness (QED) is 0.532. The molecule has 25 heavy (non-hydrogen) atoms. The molecular weight excluding hydrogens is 318 g/mol. The van der Waals surface area contributed by atoms with E-state index in [0.717, 1.165) is 22.0 Å². The maximum Gasteiger partial charge on any atom is 0.305 e. The summed E-state index contributed by atoms with van der Waals surface area (Å²) in [5, 5.41) is 2.00. The van der Waals surface area contributed by atoms with Gasteiger partial charge in [0.1, 0.15) is 0 Å². The molecule has 0 spiro atoms. The number of hydrogen-bond donors (Lipinski definition) is 0. The topological polar surface area (TPSA) is 65.5 Å². The molecule has 1 heterocycles. The van der Waals surface area contributed by atoms with Gasteiger partial charge in [-0.25, -0.2) is 0 Å². The fraction of sp³-hybridized carbons (Fsp3) is 0.150. The first-order valence-electron chi connectivity index (χ1n) is 7.84. The molecular formula is C20H17NO4. The van der Waals surface area contributed by atoms with Gasteiger partial charge in [0.2, 0.25) is 0 Å². The lowest BCUT2D eigenvalue weighted by atomic mass is 9.99. The van der Waals surface area contributed by atoms with Crippen LogP contribution in [0.25, 0.3) is 22.0 Å². The third kappa shape index (κ3) is 3.66. The summed E-state index contributed by atoms with van der Waals surface area (Å²) in [6.07, 6.45) is 0.605. The lowest BCUT2D eigenvalue weighted by Gasteiger charge is -2.20. The average molecular weight is 335 g/mol. The van der Waals surface area contributed by atoms with Gasteiger partial charge >= 0.3 is 11.9 Å². The van der Waals surface area contributed by atoms with Gasteiger partial charge in [-0.05, 0) is 11.5 Å². The number of carbonyl (C=O) groups is 2. The van der Waals surface area contributed by atoms with Crippen LogP contribution < -0.4 is 0 Å². The van der Waals surface area contributed by atoms with Crippen molar-refractivity contribution in [3.8, 4) is 11.3 Å². The van der Waals surface area contributed by atoms with Gasteiger partial charge in [-0.3, -0.25) is 14.6 Å². The Balaban J connectivity index is 2.17. The van der Waals surface area contributed by atoms with Gasteiger partial charge in [0, 0.05) is 36.6 Å². The molecule has 3 rings (SSSR count). The van der Waals surface area contributed by atoms with Crippen molar-refractivity contribution in [1.29, 1.82) is 0 Å². The van der Waals surface area contributed by atoms with Crippen molar-refractivity contribution >= 4 is 22.7 Å². The maximum atomic E-state index is 11.4. The van der Waals surface area contributed by atoms with Gasteiger partial charge in [-0.2, -0.15) is 0 Å². The zero-order valence-electron chi connectivity index (χ0n) is 13.9. The highest BCUT2D eigenvalue weighted by molar-refractivity contribution is 5.95. The Labute approximate surface area is 145 Å². The van der Waals surface area contributed by atoms with E-state index in [4.69, 9.17) is 9.47 Å². The van der Waals surface area contributed by atoms with Crippen molar-refractivity contribution in [2.24, 2.45) is 0 Å². The number of hydrogen-bond acceptors (Lipinski definition) is 5. The van der Waals surface area contributed by atoms with Crippen LogP contribution in [0.4, 0.5) is 0 Å². The highest BCUT2D eigenvalue weighted by Crippen LogP contribution is 2.33. The molecule has 0 aliphatic rings. The van der Waals surface area contributed by atoms with Crippen LogP contribution in [0.2, 0.25) is 0 Å². The maximum absolute atomic E-state index is 11.4. The summed E-state index contributed by atoms with van der Waals surface area (Å²) in [7, 11) is 0. The molecule has 0 unspecified atom stereocenters. The van der Waals surface area contributed by atoms with E-state index < -0.39 is 18.2 Å². The lowest BCUT2D eigenvalue weighted by molar-refractivity contribution is -0.186. The first kappa shape index (κ1) is 16.6. The van der Waals surface area contributed by atoms with E-state index in [0.29, 0.717) is 5.56 Å². The van der Waals surface area contributed by atoms with Crippen LogP contribution in [0, 0.1) is 0 Å². The number of rotatable bonds is 4.